The Morgan fingerprint density at radius 1 is 0.759 bits per heavy atom. The Kier molecular flexibility index (Phi) is 9.25. The molecule has 0 aliphatic carbocycles. The van der Waals surface area contributed by atoms with Crippen molar-refractivity contribution in [2.45, 2.75) is 53.3 Å². The van der Waals surface area contributed by atoms with Crippen molar-refractivity contribution >= 4 is 44.0 Å². The van der Waals surface area contributed by atoms with E-state index >= 15 is 0 Å². The fourth-order valence-electron chi connectivity index (χ4n) is 6.89. The van der Waals surface area contributed by atoms with E-state index < -0.39 is 12.7 Å². The molecule has 0 bridgehead atoms. The molecule has 0 amide bonds. The standard InChI is InChI=1S/C34H28N3O.C13H11FN.Ir/c1-20(2)23-13-9-14-24(21(3)4)31(23)37-33(36-29-19-22-11-5-7-17-28(22)35-34(29)37)27-16-10-15-26-25-12-6-8-18-30(25)38-32(26)27;1-9-3-5-11(12(14)7-9)13-6-4-10(2)8-15-13;/h5-15,17-21H,1-4H3;3-4,6-8H,1-2H3;/q2*-1;/i;1D3;. The molecular formula is C47H39FIrN4O-2. The van der Waals surface area contributed by atoms with Crippen LogP contribution in [0.15, 0.2) is 120 Å². The van der Waals surface area contributed by atoms with Gasteiger partial charge in [0.2, 0.25) is 0 Å². The fourth-order valence-corrected chi connectivity index (χ4v) is 6.89. The van der Waals surface area contributed by atoms with Gasteiger partial charge in [-0.3, -0.25) is 9.37 Å². The molecule has 5 aromatic carbocycles. The maximum Gasteiger partial charge on any atom is 0.156 e. The van der Waals surface area contributed by atoms with Crippen LogP contribution in [0, 0.1) is 31.7 Å². The van der Waals surface area contributed by atoms with Crippen LogP contribution in [-0.2, 0) is 20.1 Å². The van der Waals surface area contributed by atoms with Gasteiger partial charge in [0.05, 0.1) is 22.4 Å². The summed E-state index contributed by atoms with van der Waals surface area (Å²) in [6.45, 7) is 8.55. The Labute approximate surface area is 332 Å². The van der Waals surface area contributed by atoms with E-state index in [-0.39, 0.29) is 31.2 Å². The van der Waals surface area contributed by atoms with Crippen LogP contribution in [0.2, 0.25) is 0 Å². The summed E-state index contributed by atoms with van der Waals surface area (Å²) in [6.07, 6.45) is 1.63. The molecule has 0 unspecified atom stereocenters. The third kappa shape index (κ3) is 6.74. The minimum absolute atomic E-state index is 0. The number of imidazole rings is 1. The first-order valence-electron chi connectivity index (χ1n) is 19.3. The zero-order valence-electron chi connectivity index (χ0n) is 33.5. The average molecular weight is 890 g/mol. The Morgan fingerprint density at radius 2 is 1.52 bits per heavy atom. The van der Waals surface area contributed by atoms with Gasteiger partial charge < -0.3 is 14.0 Å². The molecule has 0 saturated carbocycles. The molecule has 0 atom stereocenters. The van der Waals surface area contributed by atoms with Crippen molar-refractivity contribution in [2.75, 3.05) is 0 Å². The zero-order chi connectivity index (χ0) is 39.3. The number of pyridine rings is 2. The van der Waals surface area contributed by atoms with E-state index in [4.69, 9.17) is 18.5 Å². The quantitative estimate of drug-likeness (QED) is 0.162. The van der Waals surface area contributed by atoms with Gasteiger partial charge in [0.1, 0.15) is 5.58 Å². The van der Waals surface area contributed by atoms with Gasteiger partial charge in [0, 0.05) is 52.7 Å². The van der Waals surface area contributed by atoms with Gasteiger partial charge in [-0.2, -0.15) is 0 Å². The fraction of sp³-hybridized carbons (Fsp3) is 0.170. The number of halogens is 1. The van der Waals surface area contributed by atoms with Crippen LogP contribution in [0.5, 0.6) is 0 Å². The third-order valence-corrected chi connectivity index (χ3v) is 9.52. The topological polar surface area (TPSA) is 56.7 Å². The van der Waals surface area contributed by atoms with Crippen LogP contribution in [0.1, 0.15) is 65.9 Å². The molecule has 9 rings (SSSR count). The van der Waals surface area contributed by atoms with Crippen molar-refractivity contribution in [1.29, 1.82) is 0 Å². The summed E-state index contributed by atoms with van der Waals surface area (Å²) >= 11 is 0. The van der Waals surface area contributed by atoms with Gasteiger partial charge in [-0.25, -0.2) is 4.98 Å². The number of fused-ring (bicyclic) bond motifs is 5. The molecule has 0 spiro atoms. The molecule has 4 aromatic heterocycles. The Bertz CT molecular complexity index is 2870. The zero-order valence-corrected chi connectivity index (χ0v) is 32.9. The largest absolute Gasteiger partial charge is 0.501 e. The number of aryl methyl sites for hydroxylation is 2. The van der Waals surface area contributed by atoms with Crippen molar-refractivity contribution in [1.82, 2.24) is 19.5 Å². The summed E-state index contributed by atoms with van der Waals surface area (Å²) in [7, 11) is 0. The minimum atomic E-state index is -2.32. The molecule has 0 fully saturated rings. The Morgan fingerprint density at radius 3 is 2.24 bits per heavy atom. The first-order valence-corrected chi connectivity index (χ1v) is 17.8. The molecule has 4 heterocycles. The van der Waals surface area contributed by atoms with Crippen LogP contribution >= 0.6 is 0 Å². The summed E-state index contributed by atoms with van der Waals surface area (Å²) in [4.78, 5) is 14.5. The predicted molar refractivity (Wildman–Crippen MR) is 214 cm³/mol. The average Bonchev–Trinajstić information content (AvgIpc) is 3.75. The van der Waals surface area contributed by atoms with Gasteiger partial charge in [-0.15, -0.1) is 42.0 Å². The van der Waals surface area contributed by atoms with Crippen molar-refractivity contribution in [3.8, 4) is 28.3 Å². The summed E-state index contributed by atoms with van der Waals surface area (Å²) in [5.74, 6) is 0.809. The van der Waals surface area contributed by atoms with Crippen LogP contribution in [0.3, 0.4) is 0 Å². The number of rotatable bonds is 5. The van der Waals surface area contributed by atoms with Crippen LogP contribution in [0.4, 0.5) is 4.39 Å². The summed E-state index contributed by atoms with van der Waals surface area (Å²) in [5, 5.41) is 3.23. The third-order valence-electron chi connectivity index (χ3n) is 9.52. The van der Waals surface area contributed by atoms with E-state index in [2.05, 4.69) is 97.9 Å². The molecular weight excluding hydrogens is 848 g/mol. The second-order valence-electron chi connectivity index (χ2n) is 13.9. The molecule has 271 valence electrons. The molecule has 0 aliphatic rings. The molecule has 0 N–H and O–H groups in total. The molecule has 1 radical (unpaired) electrons. The maximum absolute atomic E-state index is 13.8. The van der Waals surface area contributed by atoms with Gasteiger partial charge in [0.25, 0.3) is 0 Å². The molecule has 0 aliphatic heterocycles. The smallest absolute Gasteiger partial charge is 0.156 e. The predicted octanol–water partition coefficient (Wildman–Crippen LogP) is 12.5. The second-order valence-corrected chi connectivity index (χ2v) is 13.9. The normalized spacial score (nSPS) is 12.5. The Hall–Kier alpha value is -5.49. The molecule has 9 aromatic rings. The number of hydrogen-bond donors (Lipinski definition) is 0. The second kappa shape index (κ2) is 15.1. The van der Waals surface area contributed by atoms with E-state index in [1.54, 1.807) is 12.3 Å². The maximum atomic E-state index is 13.8. The van der Waals surface area contributed by atoms with Crippen LogP contribution in [-0.4, -0.2) is 19.5 Å². The van der Waals surface area contributed by atoms with Crippen molar-refractivity contribution in [3.05, 3.63) is 156 Å². The van der Waals surface area contributed by atoms with Gasteiger partial charge in [-0.05, 0) is 59.3 Å². The molecule has 7 heteroatoms. The first-order chi connectivity index (χ1) is 26.9. The van der Waals surface area contributed by atoms with Gasteiger partial charge in [-0.1, -0.05) is 118 Å². The number of aromatic nitrogens is 4. The summed E-state index contributed by atoms with van der Waals surface area (Å²) < 4.78 is 44.2. The van der Waals surface area contributed by atoms with Crippen LogP contribution < -0.4 is 0 Å². The van der Waals surface area contributed by atoms with E-state index in [0.29, 0.717) is 17.5 Å². The molecule has 0 saturated heterocycles. The van der Waals surface area contributed by atoms with Gasteiger partial charge >= 0.3 is 0 Å². The van der Waals surface area contributed by atoms with Crippen molar-refractivity contribution in [2.24, 2.45) is 0 Å². The van der Waals surface area contributed by atoms with Crippen molar-refractivity contribution < 1.29 is 33.0 Å². The number of furan rings is 1. The summed E-state index contributed by atoms with van der Waals surface area (Å²) in [6, 6.07) is 41.2. The van der Waals surface area contributed by atoms with Crippen molar-refractivity contribution in [3.63, 3.8) is 0 Å². The first kappa shape index (κ1) is 33.1. The monoisotopic (exact) mass is 890 g/mol. The van der Waals surface area contributed by atoms with E-state index in [0.717, 1.165) is 72.7 Å². The number of hydrogen-bond acceptors (Lipinski definition) is 4. The number of para-hydroxylation sites is 3. The van der Waals surface area contributed by atoms with E-state index in [1.165, 1.54) is 17.2 Å². The van der Waals surface area contributed by atoms with Crippen LogP contribution in [0.25, 0.3) is 72.3 Å². The van der Waals surface area contributed by atoms with Gasteiger partial charge in [0.15, 0.2) is 5.65 Å². The van der Waals surface area contributed by atoms with E-state index in [9.17, 15) is 4.39 Å². The number of nitrogens with zero attached hydrogens (tertiary/aromatic N) is 4. The Balaban J connectivity index is 0.000000221. The molecule has 54 heavy (non-hydrogen) atoms. The molecule has 5 nitrogen and oxygen atoms in total. The SMILES string of the molecule is CC(C)c1cccc(C(C)C)c1-n1c(-c2[c-]ccc3c2oc2ccccc23)nc2cc3ccccc3nc21.[2H]C([2H])([2H])c1c[c-]c(-c2ccc(C)cn2)c(F)c1.[Ir]. The minimum Gasteiger partial charge on any atom is -0.501 e. The summed E-state index contributed by atoms with van der Waals surface area (Å²) in [5.41, 5.74) is 10.4. The van der Waals surface area contributed by atoms with E-state index in [1.807, 2.05) is 49.4 Å². The number of benzene rings is 5.